The van der Waals surface area contributed by atoms with Crippen molar-refractivity contribution in [2.45, 2.75) is 67.1 Å². The highest BCUT2D eigenvalue weighted by molar-refractivity contribution is 8.00. The van der Waals surface area contributed by atoms with Crippen molar-refractivity contribution in [3.8, 4) is 0 Å². The predicted molar refractivity (Wildman–Crippen MR) is 97.4 cm³/mol. The van der Waals surface area contributed by atoms with Gasteiger partial charge in [-0.15, -0.1) is 0 Å². The average molecular weight is 333 g/mol. The molecule has 0 heterocycles. The molecule has 10 atom stereocenters. The zero-order valence-electron chi connectivity index (χ0n) is 13.4. The summed E-state index contributed by atoms with van der Waals surface area (Å²) in [6.45, 7) is 0. The Hall–Kier alpha value is 0.440. The summed E-state index contributed by atoms with van der Waals surface area (Å²) in [5.41, 5.74) is 0.752. The molecule has 5 saturated carbocycles. The van der Waals surface area contributed by atoms with E-state index in [1.165, 1.54) is 19.3 Å². The molecule has 0 spiro atoms. The highest BCUT2D eigenvalue weighted by Crippen LogP contribution is 2.69. The fraction of sp³-hybridized carbons (Fsp3) is 0.900. The van der Waals surface area contributed by atoms with Crippen molar-refractivity contribution in [1.82, 2.24) is 0 Å². The van der Waals surface area contributed by atoms with Gasteiger partial charge in [-0.05, 0) is 92.3 Å². The molecule has 0 aromatic heterocycles. The van der Waals surface area contributed by atoms with E-state index in [-0.39, 0.29) is 0 Å². The molecule has 0 radical (unpaired) electrons. The number of allylic oxidation sites excluding steroid dienone is 2. The molecule has 0 saturated heterocycles. The van der Waals surface area contributed by atoms with Gasteiger partial charge in [0.2, 0.25) is 0 Å². The third-order valence-electron chi connectivity index (χ3n) is 8.86. The van der Waals surface area contributed by atoms with E-state index in [4.69, 9.17) is 12.6 Å². The quantitative estimate of drug-likeness (QED) is 0.536. The van der Waals surface area contributed by atoms with Gasteiger partial charge in [0.1, 0.15) is 0 Å². The zero-order valence-corrected chi connectivity index (χ0v) is 15.1. The third kappa shape index (κ3) is 1.65. The Bertz CT molecular complexity index is 528. The minimum atomic E-state index is 0.747. The standard InChI is InChI=1S/C20H28S2/c21-18-10-20-5-4-15(18)17(20)8-12(9-20)22-19-7-11-6-16(19)14-3-1-2-13(11)14/h1,3,11-19,21H,2,4-10H2. The summed E-state index contributed by atoms with van der Waals surface area (Å²) in [5.74, 6) is 6.21. The molecule has 2 heteroatoms. The van der Waals surface area contributed by atoms with Crippen LogP contribution in [0.2, 0.25) is 0 Å². The van der Waals surface area contributed by atoms with Gasteiger partial charge in [-0.25, -0.2) is 0 Å². The van der Waals surface area contributed by atoms with Gasteiger partial charge < -0.3 is 0 Å². The first kappa shape index (κ1) is 13.7. The summed E-state index contributed by atoms with van der Waals surface area (Å²) in [7, 11) is 0. The smallest absolute Gasteiger partial charge is 0.00866 e. The van der Waals surface area contributed by atoms with Gasteiger partial charge in [0, 0.05) is 15.7 Å². The van der Waals surface area contributed by atoms with E-state index in [2.05, 4.69) is 23.9 Å². The molecular formula is C20H28S2. The molecular weight excluding hydrogens is 304 g/mol. The molecule has 10 unspecified atom stereocenters. The Morgan fingerprint density at radius 3 is 2.86 bits per heavy atom. The molecule has 6 rings (SSSR count). The van der Waals surface area contributed by atoms with Crippen LogP contribution in [0, 0.1) is 40.9 Å². The number of hydrogen-bond donors (Lipinski definition) is 1. The molecule has 0 aromatic carbocycles. The maximum Gasteiger partial charge on any atom is 0.00866 e. The Labute approximate surface area is 144 Å². The molecule has 4 bridgehead atoms. The summed E-state index contributed by atoms with van der Waals surface area (Å²) in [6, 6.07) is 0. The lowest BCUT2D eigenvalue weighted by Crippen LogP contribution is -2.28. The van der Waals surface area contributed by atoms with Gasteiger partial charge in [-0.3, -0.25) is 0 Å². The average Bonchev–Trinajstić information content (AvgIpc) is 3.21. The van der Waals surface area contributed by atoms with Crippen LogP contribution in [0.5, 0.6) is 0 Å². The number of thiol groups is 1. The zero-order chi connectivity index (χ0) is 14.5. The van der Waals surface area contributed by atoms with Crippen molar-refractivity contribution >= 4 is 24.4 Å². The first-order chi connectivity index (χ1) is 10.7. The molecule has 6 aliphatic rings. The van der Waals surface area contributed by atoms with Crippen molar-refractivity contribution in [3.05, 3.63) is 12.2 Å². The van der Waals surface area contributed by atoms with Gasteiger partial charge in [0.25, 0.3) is 0 Å². The van der Waals surface area contributed by atoms with Crippen molar-refractivity contribution in [1.29, 1.82) is 0 Å². The molecule has 6 aliphatic carbocycles. The van der Waals surface area contributed by atoms with E-state index >= 15 is 0 Å². The largest absolute Gasteiger partial charge is 0.176 e. The molecule has 5 fully saturated rings. The second kappa shape index (κ2) is 4.54. The minimum absolute atomic E-state index is 0.747. The highest BCUT2D eigenvalue weighted by atomic mass is 32.2. The summed E-state index contributed by atoms with van der Waals surface area (Å²) < 4.78 is 0. The van der Waals surface area contributed by atoms with E-state index in [0.717, 1.165) is 56.7 Å². The fourth-order valence-electron chi connectivity index (χ4n) is 8.15. The van der Waals surface area contributed by atoms with Crippen LogP contribution in [0.15, 0.2) is 12.2 Å². The lowest BCUT2D eigenvalue weighted by molar-refractivity contribution is 0.264. The van der Waals surface area contributed by atoms with E-state index in [0.29, 0.717) is 0 Å². The predicted octanol–water partition coefficient (Wildman–Crippen LogP) is 5.20. The fourth-order valence-corrected chi connectivity index (χ4v) is 11.0. The van der Waals surface area contributed by atoms with Crippen LogP contribution in [0.4, 0.5) is 0 Å². The summed E-state index contributed by atoms with van der Waals surface area (Å²) in [4.78, 5) is 0. The van der Waals surface area contributed by atoms with E-state index in [1.54, 1.807) is 32.1 Å². The van der Waals surface area contributed by atoms with Crippen LogP contribution in [0.25, 0.3) is 0 Å². The van der Waals surface area contributed by atoms with Crippen LogP contribution < -0.4 is 0 Å². The van der Waals surface area contributed by atoms with Crippen molar-refractivity contribution in [3.63, 3.8) is 0 Å². The van der Waals surface area contributed by atoms with Gasteiger partial charge in [-0.2, -0.15) is 24.4 Å². The Morgan fingerprint density at radius 2 is 2.00 bits per heavy atom. The Balaban J connectivity index is 1.17. The van der Waals surface area contributed by atoms with Crippen LogP contribution >= 0.6 is 24.4 Å². The van der Waals surface area contributed by atoms with Gasteiger partial charge in [-0.1, -0.05) is 12.2 Å². The normalized spacial score (nSPS) is 63.8. The van der Waals surface area contributed by atoms with Crippen LogP contribution in [-0.2, 0) is 0 Å². The topological polar surface area (TPSA) is 0 Å². The van der Waals surface area contributed by atoms with Crippen molar-refractivity contribution in [2.75, 3.05) is 0 Å². The number of fused-ring (bicyclic) bond motifs is 5. The van der Waals surface area contributed by atoms with Gasteiger partial charge >= 0.3 is 0 Å². The second-order valence-electron chi connectivity index (χ2n) is 9.48. The van der Waals surface area contributed by atoms with Crippen LogP contribution in [0.1, 0.15) is 51.4 Å². The third-order valence-corrected chi connectivity index (χ3v) is 11.1. The van der Waals surface area contributed by atoms with Crippen molar-refractivity contribution < 1.29 is 0 Å². The lowest BCUT2D eigenvalue weighted by atomic mass is 9.81. The molecule has 0 N–H and O–H groups in total. The maximum atomic E-state index is 4.91. The SMILES string of the molecule is SC1CC23CCC1C2CC(SC1CC2CC1C1C=CCC21)C3. The van der Waals surface area contributed by atoms with Crippen molar-refractivity contribution in [2.24, 2.45) is 40.9 Å². The van der Waals surface area contributed by atoms with Gasteiger partial charge in [0.15, 0.2) is 0 Å². The Morgan fingerprint density at radius 1 is 1.05 bits per heavy atom. The van der Waals surface area contributed by atoms with E-state index in [1.807, 2.05) is 0 Å². The number of hydrogen-bond acceptors (Lipinski definition) is 2. The molecule has 120 valence electrons. The highest BCUT2D eigenvalue weighted by Gasteiger charge is 2.62. The molecule has 0 amide bonds. The number of thioether (sulfide) groups is 1. The molecule has 0 aromatic rings. The van der Waals surface area contributed by atoms with Crippen LogP contribution in [-0.4, -0.2) is 15.7 Å². The monoisotopic (exact) mass is 332 g/mol. The van der Waals surface area contributed by atoms with Gasteiger partial charge in [0.05, 0.1) is 0 Å². The molecule has 0 nitrogen and oxygen atoms in total. The lowest BCUT2D eigenvalue weighted by Gasteiger charge is -2.33. The van der Waals surface area contributed by atoms with E-state index < -0.39 is 0 Å². The number of rotatable bonds is 2. The summed E-state index contributed by atoms with van der Waals surface area (Å²) >= 11 is 7.37. The summed E-state index contributed by atoms with van der Waals surface area (Å²) in [5, 5.41) is 2.76. The summed E-state index contributed by atoms with van der Waals surface area (Å²) in [6.07, 6.45) is 17.2. The first-order valence-electron chi connectivity index (χ1n) is 9.74. The van der Waals surface area contributed by atoms with Crippen LogP contribution in [0.3, 0.4) is 0 Å². The Kier molecular flexibility index (Phi) is 2.82. The first-order valence-corrected chi connectivity index (χ1v) is 11.2. The molecule has 22 heavy (non-hydrogen) atoms. The minimum Gasteiger partial charge on any atom is -0.176 e. The maximum absolute atomic E-state index is 4.91. The molecule has 0 aliphatic heterocycles. The second-order valence-corrected chi connectivity index (χ2v) is 11.7. The van der Waals surface area contributed by atoms with E-state index in [9.17, 15) is 0 Å².